The second-order valence-electron chi connectivity index (χ2n) is 5.88. The minimum atomic E-state index is -3.55. The Balaban J connectivity index is 2.29. The first-order valence-electron chi connectivity index (χ1n) is 6.71. The Morgan fingerprint density at radius 1 is 1.23 bits per heavy atom. The number of rotatable bonds is 4. The highest BCUT2D eigenvalue weighted by atomic mass is 32.2. The maximum Gasteiger partial charge on any atom is 0.325 e. The molecule has 0 saturated carbocycles. The lowest BCUT2D eigenvalue weighted by molar-refractivity contribution is -0.130. The first-order valence-corrected chi connectivity index (χ1v) is 8.15. The van der Waals surface area contributed by atoms with E-state index in [1.165, 1.54) is 26.2 Å². The second kappa shape index (κ2) is 5.36. The Bertz CT molecular complexity index is 725. The molecule has 1 aromatic rings. The van der Waals surface area contributed by atoms with Gasteiger partial charge in [0.25, 0.3) is 5.91 Å². The van der Waals surface area contributed by atoms with Crippen molar-refractivity contribution in [3.63, 3.8) is 0 Å². The van der Waals surface area contributed by atoms with Gasteiger partial charge in [0.05, 0.1) is 11.4 Å². The molecule has 0 radical (unpaired) electrons. The van der Waals surface area contributed by atoms with Gasteiger partial charge < -0.3 is 5.32 Å². The zero-order valence-electron chi connectivity index (χ0n) is 13.0. The summed E-state index contributed by atoms with van der Waals surface area (Å²) < 4.78 is 25.4. The van der Waals surface area contributed by atoms with Crippen molar-refractivity contribution in [3.05, 3.63) is 29.8 Å². The van der Waals surface area contributed by atoms with Crippen molar-refractivity contribution in [2.24, 2.45) is 0 Å². The van der Waals surface area contributed by atoms with E-state index in [2.05, 4.69) is 5.32 Å². The monoisotopic (exact) mass is 325 g/mol. The normalized spacial score (nSPS) is 18.0. The number of imide groups is 1. The van der Waals surface area contributed by atoms with E-state index in [0.29, 0.717) is 5.56 Å². The first kappa shape index (κ1) is 16.4. The average Bonchev–Trinajstić information content (AvgIpc) is 2.61. The molecular weight excluding hydrogens is 306 g/mol. The lowest BCUT2D eigenvalue weighted by atomic mass is 10.1. The number of nitrogens with one attached hydrogen (secondary N) is 1. The van der Waals surface area contributed by atoms with Crippen LogP contribution in [0.1, 0.15) is 19.4 Å². The summed E-state index contributed by atoms with van der Waals surface area (Å²) in [4.78, 5) is 25.2. The molecule has 8 heteroatoms. The number of hydrogen-bond acceptors (Lipinski definition) is 4. The van der Waals surface area contributed by atoms with E-state index < -0.39 is 21.6 Å². The molecule has 22 heavy (non-hydrogen) atoms. The molecule has 120 valence electrons. The van der Waals surface area contributed by atoms with E-state index >= 15 is 0 Å². The van der Waals surface area contributed by atoms with Crippen LogP contribution in [0.25, 0.3) is 0 Å². The van der Waals surface area contributed by atoms with E-state index in [9.17, 15) is 18.0 Å². The maximum absolute atomic E-state index is 12.1. The molecule has 1 aromatic carbocycles. The molecule has 1 aliphatic rings. The number of hydrogen-bond donors (Lipinski definition) is 1. The van der Waals surface area contributed by atoms with Crippen LogP contribution in [0.15, 0.2) is 29.2 Å². The Morgan fingerprint density at radius 3 is 2.36 bits per heavy atom. The van der Waals surface area contributed by atoms with Gasteiger partial charge in [0.2, 0.25) is 10.0 Å². The molecule has 0 unspecified atom stereocenters. The molecule has 3 amide bonds. The number of benzene rings is 1. The van der Waals surface area contributed by atoms with Crippen LogP contribution in [0.4, 0.5) is 4.79 Å². The van der Waals surface area contributed by atoms with Crippen LogP contribution in [0.5, 0.6) is 0 Å². The zero-order chi connectivity index (χ0) is 16.7. The quantitative estimate of drug-likeness (QED) is 0.828. The molecule has 2 rings (SSSR count). The predicted molar refractivity (Wildman–Crippen MR) is 80.5 cm³/mol. The number of amides is 3. The van der Waals surface area contributed by atoms with E-state index in [-0.39, 0.29) is 17.3 Å². The lowest BCUT2D eigenvalue weighted by Crippen LogP contribution is -2.40. The summed E-state index contributed by atoms with van der Waals surface area (Å²) in [6.45, 7) is 3.28. The number of sulfonamides is 1. The highest BCUT2D eigenvalue weighted by molar-refractivity contribution is 7.89. The van der Waals surface area contributed by atoms with Crippen molar-refractivity contribution in [1.82, 2.24) is 14.5 Å². The van der Waals surface area contributed by atoms with Crippen molar-refractivity contribution < 1.29 is 18.0 Å². The largest absolute Gasteiger partial charge is 0.325 e. The van der Waals surface area contributed by atoms with Crippen molar-refractivity contribution in [2.45, 2.75) is 30.8 Å². The minimum Gasteiger partial charge on any atom is -0.324 e. The second-order valence-corrected chi connectivity index (χ2v) is 8.03. The molecule has 1 saturated heterocycles. The molecule has 1 aliphatic heterocycles. The molecule has 1 fully saturated rings. The number of urea groups is 1. The van der Waals surface area contributed by atoms with Crippen LogP contribution < -0.4 is 5.32 Å². The van der Waals surface area contributed by atoms with Crippen LogP contribution in [-0.2, 0) is 21.4 Å². The molecule has 1 N–H and O–H groups in total. The smallest absolute Gasteiger partial charge is 0.324 e. The average molecular weight is 325 g/mol. The minimum absolute atomic E-state index is 0.0326. The van der Waals surface area contributed by atoms with Gasteiger partial charge in [0, 0.05) is 14.1 Å². The fourth-order valence-corrected chi connectivity index (χ4v) is 3.13. The Labute approximate surface area is 129 Å². The number of carbonyl (C=O) groups is 2. The molecule has 0 atom stereocenters. The Hall–Kier alpha value is -1.93. The van der Waals surface area contributed by atoms with Crippen molar-refractivity contribution >= 4 is 22.0 Å². The van der Waals surface area contributed by atoms with E-state index in [1.54, 1.807) is 26.0 Å². The Morgan fingerprint density at radius 2 is 1.86 bits per heavy atom. The summed E-state index contributed by atoms with van der Waals surface area (Å²) in [6, 6.07) is 5.75. The molecule has 7 nitrogen and oxygen atoms in total. The summed E-state index contributed by atoms with van der Waals surface area (Å²) in [6.07, 6.45) is 0. The summed E-state index contributed by atoms with van der Waals surface area (Å²) >= 11 is 0. The van der Waals surface area contributed by atoms with Gasteiger partial charge in [-0.2, -0.15) is 0 Å². The number of carbonyl (C=O) groups excluding carboxylic acids is 2. The fourth-order valence-electron chi connectivity index (χ4n) is 2.16. The van der Waals surface area contributed by atoms with Gasteiger partial charge in [-0.3, -0.25) is 9.69 Å². The summed E-state index contributed by atoms with van der Waals surface area (Å²) in [5.74, 6) is -0.335. The van der Waals surface area contributed by atoms with E-state index in [0.717, 1.165) is 9.21 Å². The highest BCUT2D eigenvalue weighted by Gasteiger charge is 2.44. The molecule has 1 heterocycles. The molecule has 0 aromatic heterocycles. The van der Waals surface area contributed by atoms with Gasteiger partial charge in [-0.05, 0) is 31.5 Å². The molecule has 0 bridgehead atoms. The standard InChI is InChI=1S/C14H19N3O4S/c1-14(2)12(18)17(13(19)15-14)9-10-6-5-7-11(8-10)22(20,21)16(3)4/h5-8H,9H2,1-4H3,(H,15,19). The topological polar surface area (TPSA) is 86.8 Å². The third-order valence-corrected chi connectivity index (χ3v) is 5.27. The predicted octanol–water partition coefficient (Wildman–Crippen LogP) is 0.767. The van der Waals surface area contributed by atoms with Gasteiger partial charge in [0.15, 0.2) is 0 Å². The van der Waals surface area contributed by atoms with Crippen LogP contribution in [0.3, 0.4) is 0 Å². The zero-order valence-corrected chi connectivity index (χ0v) is 13.8. The van der Waals surface area contributed by atoms with Crippen LogP contribution >= 0.6 is 0 Å². The SMILES string of the molecule is CN(C)S(=O)(=O)c1cccc(CN2C(=O)NC(C)(C)C2=O)c1. The van der Waals surface area contributed by atoms with Gasteiger partial charge in [-0.15, -0.1) is 0 Å². The van der Waals surface area contributed by atoms with Gasteiger partial charge in [-0.1, -0.05) is 12.1 Å². The third kappa shape index (κ3) is 2.84. The fraction of sp³-hybridized carbons (Fsp3) is 0.429. The highest BCUT2D eigenvalue weighted by Crippen LogP contribution is 2.21. The molecule has 0 aliphatic carbocycles. The van der Waals surface area contributed by atoms with Crippen LogP contribution in [-0.4, -0.2) is 49.2 Å². The van der Waals surface area contributed by atoms with Crippen molar-refractivity contribution in [1.29, 1.82) is 0 Å². The lowest BCUT2D eigenvalue weighted by Gasteiger charge is -2.17. The maximum atomic E-state index is 12.1. The first-order chi connectivity index (χ1) is 10.1. The van der Waals surface area contributed by atoms with E-state index in [4.69, 9.17) is 0 Å². The van der Waals surface area contributed by atoms with Crippen molar-refractivity contribution in [3.8, 4) is 0 Å². The van der Waals surface area contributed by atoms with Crippen LogP contribution in [0.2, 0.25) is 0 Å². The molecular formula is C14H19N3O4S. The van der Waals surface area contributed by atoms with Gasteiger partial charge >= 0.3 is 6.03 Å². The van der Waals surface area contributed by atoms with Crippen LogP contribution in [0, 0.1) is 0 Å². The molecule has 0 spiro atoms. The number of nitrogens with zero attached hydrogens (tertiary/aromatic N) is 2. The van der Waals surface area contributed by atoms with Gasteiger partial charge in [-0.25, -0.2) is 17.5 Å². The summed E-state index contributed by atoms with van der Waals surface area (Å²) in [7, 11) is -0.661. The summed E-state index contributed by atoms with van der Waals surface area (Å²) in [5.41, 5.74) is -0.367. The summed E-state index contributed by atoms with van der Waals surface area (Å²) in [5, 5.41) is 2.59. The third-order valence-electron chi connectivity index (χ3n) is 3.46. The Kier molecular flexibility index (Phi) is 4.01. The van der Waals surface area contributed by atoms with Gasteiger partial charge in [0.1, 0.15) is 5.54 Å². The van der Waals surface area contributed by atoms with Crippen molar-refractivity contribution in [2.75, 3.05) is 14.1 Å². The van der Waals surface area contributed by atoms with E-state index in [1.807, 2.05) is 0 Å².